The molecule has 3 rings (SSSR count). The predicted octanol–water partition coefficient (Wildman–Crippen LogP) is 4.32. The molecule has 0 aliphatic carbocycles. The summed E-state index contributed by atoms with van der Waals surface area (Å²) in [5.74, 6) is -0.622. The van der Waals surface area contributed by atoms with Gasteiger partial charge in [0.1, 0.15) is 5.69 Å². The molecule has 152 valence electrons. The van der Waals surface area contributed by atoms with Crippen molar-refractivity contribution in [3.05, 3.63) is 98.3 Å². The highest BCUT2D eigenvalue weighted by Gasteiger charge is 2.20. The normalized spacial score (nSPS) is 11.4. The van der Waals surface area contributed by atoms with Crippen LogP contribution in [0.15, 0.2) is 66.9 Å². The van der Waals surface area contributed by atoms with Crippen LogP contribution in [0.5, 0.6) is 0 Å². The predicted molar refractivity (Wildman–Crippen MR) is 110 cm³/mol. The highest BCUT2D eigenvalue weighted by atomic mass is 16.6. The van der Waals surface area contributed by atoms with Crippen molar-refractivity contribution in [3.63, 3.8) is 0 Å². The Kier molecular flexibility index (Phi) is 5.97. The number of nitrogens with one attached hydrogen (secondary N) is 2. The Morgan fingerprint density at radius 2 is 1.80 bits per heavy atom. The van der Waals surface area contributed by atoms with Gasteiger partial charge in [0.05, 0.1) is 21.6 Å². The summed E-state index contributed by atoms with van der Waals surface area (Å²) in [5.41, 5.74) is 0.753. The molecule has 1 heterocycles. The van der Waals surface area contributed by atoms with E-state index in [-0.39, 0.29) is 34.4 Å². The SMILES string of the molecule is CC(Nc1ccc(C(=O)Nc2cccc([N+](=O)[O-])c2)cc1[N+](=O)[O-])c1ccccn1. The zero-order chi connectivity index (χ0) is 21.7. The van der Waals surface area contributed by atoms with Crippen LogP contribution in [0.25, 0.3) is 0 Å². The molecule has 1 atom stereocenters. The number of pyridine rings is 1. The van der Waals surface area contributed by atoms with Crippen LogP contribution in [0.1, 0.15) is 29.0 Å². The topological polar surface area (TPSA) is 140 Å². The third-order valence-corrected chi connectivity index (χ3v) is 4.27. The standard InChI is InChI=1S/C20H17N5O5/c1-13(17-7-2-3-10-21-17)22-18-9-8-14(11-19(18)25(29)30)20(26)23-15-5-4-6-16(12-15)24(27)28/h2-13,22H,1H3,(H,23,26). The Hall–Kier alpha value is -4.34. The molecule has 0 saturated heterocycles. The Morgan fingerprint density at radius 1 is 1.00 bits per heavy atom. The van der Waals surface area contributed by atoms with E-state index in [1.807, 2.05) is 13.0 Å². The maximum absolute atomic E-state index is 12.5. The summed E-state index contributed by atoms with van der Waals surface area (Å²) in [6.07, 6.45) is 1.63. The summed E-state index contributed by atoms with van der Waals surface area (Å²) in [5, 5.41) is 27.9. The molecule has 0 aliphatic rings. The lowest BCUT2D eigenvalue weighted by Crippen LogP contribution is -2.14. The third kappa shape index (κ3) is 4.73. The van der Waals surface area contributed by atoms with Crippen molar-refractivity contribution in [2.75, 3.05) is 10.6 Å². The number of rotatable bonds is 7. The van der Waals surface area contributed by atoms with E-state index in [1.165, 1.54) is 36.4 Å². The first-order valence-electron chi connectivity index (χ1n) is 8.87. The number of aromatic nitrogens is 1. The molecule has 1 amide bonds. The molecule has 10 nitrogen and oxygen atoms in total. The van der Waals surface area contributed by atoms with Gasteiger partial charge in [-0.3, -0.25) is 30.0 Å². The number of carbonyl (C=O) groups excluding carboxylic acids is 1. The molecule has 2 N–H and O–H groups in total. The number of nitrogens with zero attached hydrogens (tertiary/aromatic N) is 3. The van der Waals surface area contributed by atoms with Crippen LogP contribution in [0.3, 0.4) is 0 Å². The Bertz CT molecular complexity index is 1100. The van der Waals surface area contributed by atoms with E-state index in [2.05, 4.69) is 15.6 Å². The molecule has 0 saturated carbocycles. The fraction of sp³-hybridized carbons (Fsp3) is 0.100. The highest BCUT2D eigenvalue weighted by molar-refractivity contribution is 6.05. The number of benzene rings is 2. The van der Waals surface area contributed by atoms with Crippen LogP contribution in [0.2, 0.25) is 0 Å². The van der Waals surface area contributed by atoms with Crippen LogP contribution < -0.4 is 10.6 Å². The largest absolute Gasteiger partial charge is 0.371 e. The fourth-order valence-corrected chi connectivity index (χ4v) is 2.79. The van der Waals surface area contributed by atoms with Crippen molar-refractivity contribution in [2.45, 2.75) is 13.0 Å². The molecule has 10 heteroatoms. The van der Waals surface area contributed by atoms with Gasteiger partial charge in [-0.05, 0) is 37.3 Å². The molecule has 2 aromatic carbocycles. The van der Waals surface area contributed by atoms with Crippen molar-refractivity contribution in [2.24, 2.45) is 0 Å². The van der Waals surface area contributed by atoms with Crippen molar-refractivity contribution in [1.82, 2.24) is 4.98 Å². The van der Waals surface area contributed by atoms with E-state index < -0.39 is 15.8 Å². The molecule has 0 aliphatic heterocycles. The van der Waals surface area contributed by atoms with Gasteiger partial charge in [0.25, 0.3) is 17.3 Å². The monoisotopic (exact) mass is 407 g/mol. The summed E-state index contributed by atoms with van der Waals surface area (Å²) < 4.78 is 0. The van der Waals surface area contributed by atoms with Gasteiger partial charge in [-0.2, -0.15) is 0 Å². The summed E-state index contributed by atoms with van der Waals surface area (Å²) >= 11 is 0. The number of non-ortho nitro benzene ring substituents is 1. The van der Waals surface area contributed by atoms with Crippen LogP contribution in [-0.2, 0) is 0 Å². The van der Waals surface area contributed by atoms with Crippen molar-refractivity contribution in [3.8, 4) is 0 Å². The smallest absolute Gasteiger partial charge is 0.293 e. The molecule has 30 heavy (non-hydrogen) atoms. The van der Waals surface area contributed by atoms with Gasteiger partial charge in [0, 0.05) is 35.6 Å². The van der Waals surface area contributed by atoms with E-state index in [1.54, 1.807) is 18.3 Å². The minimum absolute atomic E-state index is 0.0456. The summed E-state index contributed by atoms with van der Waals surface area (Å²) in [7, 11) is 0. The van der Waals surface area contributed by atoms with E-state index in [0.29, 0.717) is 5.69 Å². The molecule has 3 aromatic rings. The Balaban J connectivity index is 1.82. The number of hydrogen-bond donors (Lipinski definition) is 2. The van der Waals surface area contributed by atoms with Gasteiger partial charge in [0.15, 0.2) is 0 Å². The second-order valence-electron chi connectivity index (χ2n) is 6.37. The lowest BCUT2D eigenvalue weighted by Gasteiger charge is -2.15. The quantitative estimate of drug-likeness (QED) is 0.439. The van der Waals surface area contributed by atoms with Gasteiger partial charge in [-0.25, -0.2) is 0 Å². The van der Waals surface area contributed by atoms with Crippen molar-refractivity contribution >= 4 is 28.7 Å². The molecule has 0 spiro atoms. The average Bonchev–Trinajstić information content (AvgIpc) is 2.74. The molecule has 0 radical (unpaired) electrons. The summed E-state index contributed by atoms with van der Waals surface area (Å²) in [6, 6.07) is 14.5. The molecular weight excluding hydrogens is 390 g/mol. The van der Waals surface area contributed by atoms with Gasteiger partial charge in [-0.15, -0.1) is 0 Å². The number of nitro groups is 2. The van der Waals surface area contributed by atoms with E-state index in [9.17, 15) is 25.0 Å². The van der Waals surface area contributed by atoms with Crippen LogP contribution in [0, 0.1) is 20.2 Å². The van der Waals surface area contributed by atoms with E-state index in [4.69, 9.17) is 0 Å². The first-order valence-corrected chi connectivity index (χ1v) is 8.87. The Labute approximate surface area is 170 Å². The van der Waals surface area contributed by atoms with Crippen LogP contribution in [0.4, 0.5) is 22.7 Å². The number of amides is 1. The summed E-state index contributed by atoms with van der Waals surface area (Å²) in [4.78, 5) is 37.9. The lowest BCUT2D eigenvalue weighted by atomic mass is 10.1. The van der Waals surface area contributed by atoms with E-state index >= 15 is 0 Å². The van der Waals surface area contributed by atoms with Crippen molar-refractivity contribution in [1.29, 1.82) is 0 Å². The first kappa shape index (κ1) is 20.4. The lowest BCUT2D eigenvalue weighted by molar-refractivity contribution is -0.384. The summed E-state index contributed by atoms with van der Waals surface area (Å²) in [6.45, 7) is 1.81. The van der Waals surface area contributed by atoms with Gasteiger partial charge in [0.2, 0.25) is 0 Å². The fourth-order valence-electron chi connectivity index (χ4n) is 2.79. The maximum atomic E-state index is 12.5. The van der Waals surface area contributed by atoms with Gasteiger partial charge in [-0.1, -0.05) is 12.1 Å². The van der Waals surface area contributed by atoms with Gasteiger partial charge >= 0.3 is 0 Å². The van der Waals surface area contributed by atoms with Crippen LogP contribution >= 0.6 is 0 Å². The first-order chi connectivity index (χ1) is 14.3. The molecular formula is C20H17N5O5. The molecule has 1 aromatic heterocycles. The van der Waals surface area contributed by atoms with Crippen LogP contribution in [-0.4, -0.2) is 20.7 Å². The number of nitro benzene ring substituents is 2. The average molecular weight is 407 g/mol. The zero-order valence-electron chi connectivity index (χ0n) is 15.8. The minimum Gasteiger partial charge on any atom is -0.371 e. The minimum atomic E-state index is -0.622. The molecule has 0 fully saturated rings. The number of anilines is 2. The molecule has 0 bridgehead atoms. The zero-order valence-corrected chi connectivity index (χ0v) is 15.8. The second-order valence-corrected chi connectivity index (χ2v) is 6.37. The second kappa shape index (κ2) is 8.78. The number of hydrogen-bond acceptors (Lipinski definition) is 7. The Morgan fingerprint density at radius 3 is 2.47 bits per heavy atom. The van der Waals surface area contributed by atoms with Gasteiger partial charge < -0.3 is 10.6 Å². The van der Waals surface area contributed by atoms with E-state index in [0.717, 1.165) is 6.07 Å². The highest BCUT2D eigenvalue weighted by Crippen LogP contribution is 2.29. The molecule has 1 unspecified atom stereocenters. The maximum Gasteiger partial charge on any atom is 0.293 e. The number of carbonyl (C=O) groups is 1. The van der Waals surface area contributed by atoms with Crippen molar-refractivity contribution < 1.29 is 14.6 Å². The third-order valence-electron chi connectivity index (χ3n) is 4.27.